The van der Waals surface area contributed by atoms with Crippen LogP contribution in [0.5, 0.6) is 0 Å². The first-order valence-electron chi connectivity index (χ1n) is 2.47. The van der Waals surface area contributed by atoms with Crippen molar-refractivity contribution >= 4 is 11.9 Å². The normalized spacial score (nSPS) is 9.20. The first-order valence-corrected chi connectivity index (χ1v) is 2.47. The van der Waals surface area contributed by atoms with Gasteiger partial charge >= 0.3 is 11.9 Å². The van der Waals surface area contributed by atoms with Gasteiger partial charge < -0.3 is 14.6 Å². The first-order chi connectivity index (χ1) is 4.63. The lowest BCUT2D eigenvalue weighted by Gasteiger charge is -2.03. The number of carbonyl (C=O) groups excluding carboxylic acids is 2. The van der Waals surface area contributed by atoms with Crippen LogP contribution in [0.25, 0.3) is 0 Å². The molecular formula is C5H8O5. The molecule has 58 valence electrons. The van der Waals surface area contributed by atoms with E-state index in [1.165, 1.54) is 0 Å². The molecular weight excluding hydrogens is 140 g/mol. The minimum absolute atomic E-state index is 1.02. The van der Waals surface area contributed by atoms with Crippen LogP contribution < -0.4 is 0 Å². The molecule has 0 saturated heterocycles. The lowest BCUT2D eigenvalue weighted by atomic mass is 10.4. The van der Waals surface area contributed by atoms with Gasteiger partial charge in [0, 0.05) is 0 Å². The topological polar surface area (TPSA) is 72.8 Å². The molecule has 0 fully saturated rings. The second kappa shape index (κ2) is 3.84. The number of aliphatic hydroxyl groups is 1. The maximum atomic E-state index is 10.3. The zero-order valence-corrected chi connectivity index (χ0v) is 5.66. The minimum atomic E-state index is -1.82. The molecule has 5 heteroatoms. The SMILES string of the molecule is COC(=O)C(O)C(=O)OC. The van der Waals surface area contributed by atoms with Crippen molar-refractivity contribution in [2.75, 3.05) is 14.2 Å². The molecule has 0 aromatic heterocycles. The molecule has 0 aliphatic carbocycles. The molecule has 0 radical (unpaired) electrons. The predicted octanol–water partition coefficient (Wildman–Crippen LogP) is -1.31. The highest BCUT2D eigenvalue weighted by Crippen LogP contribution is 1.89. The average Bonchev–Trinajstić information content (AvgIpc) is 2.00. The molecule has 0 aromatic carbocycles. The average molecular weight is 148 g/mol. The highest BCUT2D eigenvalue weighted by atomic mass is 16.6. The second-order valence-corrected chi connectivity index (χ2v) is 1.45. The Hall–Kier alpha value is -1.10. The van der Waals surface area contributed by atoms with Crippen molar-refractivity contribution in [3.63, 3.8) is 0 Å². The summed E-state index contributed by atoms with van der Waals surface area (Å²) in [4.78, 5) is 20.7. The van der Waals surface area contributed by atoms with E-state index in [0.29, 0.717) is 0 Å². The molecule has 0 rings (SSSR count). The quantitative estimate of drug-likeness (QED) is 0.389. The van der Waals surface area contributed by atoms with Crippen molar-refractivity contribution in [1.82, 2.24) is 0 Å². The Balaban J connectivity index is 3.94. The number of aliphatic hydroxyl groups excluding tert-OH is 1. The molecule has 0 bridgehead atoms. The summed E-state index contributed by atoms with van der Waals surface area (Å²) < 4.78 is 8.09. The number of methoxy groups -OCH3 is 2. The summed E-state index contributed by atoms with van der Waals surface area (Å²) in [6, 6.07) is 0. The minimum Gasteiger partial charge on any atom is -0.467 e. The van der Waals surface area contributed by atoms with E-state index in [-0.39, 0.29) is 0 Å². The number of hydrogen-bond acceptors (Lipinski definition) is 5. The highest BCUT2D eigenvalue weighted by Gasteiger charge is 2.24. The van der Waals surface area contributed by atoms with E-state index in [2.05, 4.69) is 9.47 Å². The van der Waals surface area contributed by atoms with Gasteiger partial charge in [-0.1, -0.05) is 0 Å². The van der Waals surface area contributed by atoms with Gasteiger partial charge in [-0.25, -0.2) is 9.59 Å². The largest absolute Gasteiger partial charge is 0.467 e. The van der Waals surface area contributed by atoms with Gasteiger partial charge in [0.15, 0.2) is 0 Å². The van der Waals surface area contributed by atoms with E-state index >= 15 is 0 Å². The zero-order valence-electron chi connectivity index (χ0n) is 5.66. The van der Waals surface area contributed by atoms with Gasteiger partial charge in [-0.3, -0.25) is 0 Å². The van der Waals surface area contributed by atoms with Gasteiger partial charge in [-0.05, 0) is 0 Å². The fraction of sp³-hybridized carbons (Fsp3) is 0.600. The fourth-order valence-corrected chi connectivity index (χ4v) is 0.319. The third-order valence-electron chi connectivity index (χ3n) is 0.849. The number of ether oxygens (including phenoxy) is 2. The summed E-state index contributed by atoms with van der Waals surface area (Å²) in [5.74, 6) is -2.04. The van der Waals surface area contributed by atoms with Crippen LogP contribution in [0.15, 0.2) is 0 Å². The summed E-state index contributed by atoms with van der Waals surface area (Å²) in [7, 11) is 2.13. The van der Waals surface area contributed by atoms with Crippen LogP contribution in [0.4, 0.5) is 0 Å². The predicted molar refractivity (Wildman–Crippen MR) is 30.0 cm³/mol. The Morgan fingerprint density at radius 3 is 1.70 bits per heavy atom. The van der Waals surface area contributed by atoms with Crippen LogP contribution in [-0.4, -0.2) is 37.4 Å². The maximum absolute atomic E-state index is 10.3. The van der Waals surface area contributed by atoms with Crippen LogP contribution >= 0.6 is 0 Å². The molecule has 0 aromatic rings. The zero-order chi connectivity index (χ0) is 8.15. The van der Waals surface area contributed by atoms with Crippen LogP contribution in [0.1, 0.15) is 0 Å². The monoisotopic (exact) mass is 148 g/mol. The molecule has 0 unspecified atom stereocenters. The first kappa shape index (κ1) is 8.90. The Kier molecular flexibility index (Phi) is 3.42. The van der Waals surface area contributed by atoms with Crippen molar-refractivity contribution in [3.05, 3.63) is 0 Å². The Bertz CT molecular complexity index is 125. The molecule has 0 amide bonds. The molecule has 0 aliphatic rings. The maximum Gasteiger partial charge on any atom is 0.346 e. The van der Waals surface area contributed by atoms with Gasteiger partial charge in [0.1, 0.15) is 0 Å². The van der Waals surface area contributed by atoms with E-state index < -0.39 is 18.0 Å². The Morgan fingerprint density at radius 2 is 1.50 bits per heavy atom. The van der Waals surface area contributed by atoms with E-state index in [9.17, 15) is 9.59 Å². The Morgan fingerprint density at radius 1 is 1.20 bits per heavy atom. The molecule has 0 aliphatic heterocycles. The van der Waals surface area contributed by atoms with Crippen molar-refractivity contribution in [2.24, 2.45) is 0 Å². The molecule has 0 saturated carbocycles. The lowest BCUT2D eigenvalue weighted by molar-refractivity contribution is -0.165. The summed E-state index contributed by atoms with van der Waals surface area (Å²) in [6.07, 6.45) is -1.82. The van der Waals surface area contributed by atoms with Crippen LogP contribution in [0, 0.1) is 0 Å². The van der Waals surface area contributed by atoms with Crippen molar-refractivity contribution in [2.45, 2.75) is 6.10 Å². The smallest absolute Gasteiger partial charge is 0.346 e. The molecule has 10 heavy (non-hydrogen) atoms. The van der Waals surface area contributed by atoms with Gasteiger partial charge in [0.2, 0.25) is 6.10 Å². The van der Waals surface area contributed by atoms with Crippen LogP contribution in [-0.2, 0) is 19.1 Å². The van der Waals surface area contributed by atoms with Crippen molar-refractivity contribution < 1.29 is 24.2 Å². The van der Waals surface area contributed by atoms with Gasteiger partial charge in [0.25, 0.3) is 0 Å². The van der Waals surface area contributed by atoms with E-state index in [4.69, 9.17) is 5.11 Å². The fourth-order valence-electron chi connectivity index (χ4n) is 0.319. The summed E-state index contributed by atoms with van der Waals surface area (Å²) in [6.45, 7) is 0. The van der Waals surface area contributed by atoms with Crippen molar-refractivity contribution in [1.29, 1.82) is 0 Å². The number of esters is 2. The lowest BCUT2D eigenvalue weighted by Crippen LogP contribution is -2.31. The third-order valence-corrected chi connectivity index (χ3v) is 0.849. The highest BCUT2D eigenvalue weighted by molar-refractivity contribution is 5.97. The molecule has 1 N–H and O–H groups in total. The summed E-state index contributed by atoms with van der Waals surface area (Å²) >= 11 is 0. The second-order valence-electron chi connectivity index (χ2n) is 1.45. The summed E-state index contributed by atoms with van der Waals surface area (Å²) in [5, 5.41) is 8.64. The van der Waals surface area contributed by atoms with Crippen LogP contribution in [0.2, 0.25) is 0 Å². The molecule has 0 heterocycles. The van der Waals surface area contributed by atoms with E-state index in [1.807, 2.05) is 0 Å². The third kappa shape index (κ3) is 2.02. The number of carbonyl (C=O) groups is 2. The number of hydrogen-bond donors (Lipinski definition) is 1. The molecule has 0 atom stereocenters. The molecule has 5 nitrogen and oxygen atoms in total. The van der Waals surface area contributed by atoms with E-state index in [0.717, 1.165) is 14.2 Å². The van der Waals surface area contributed by atoms with Crippen LogP contribution in [0.3, 0.4) is 0 Å². The standard InChI is InChI=1S/C5H8O5/c1-9-4(7)3(6)5(8)10-2/h3,6H,1-2H3. The Labute approximate surface area is 57.5 Å². The number of rotatable bonds is 2. The van der Waals surface area contributed by atoms with Crippen molar-refractivity contribution in [3.8, 4) is 0 Å². The van der Waals surface area contributed by atoms with Gasteiger partial charge in [-0.2, -0.15) is 0 Å². The molecule has 0 spiro atoms. The van der Waals surface area contributed by atoms with Gasteiger partial charge in [-0.15, -0.1) is 0 Å². The van der Waals surface area contributed by atoms with E-state index in [1.54, 1.807) is 0 Å². The van der Waals surface area contributed by atoms with Gasteiger partial charge in [0.05, 0.1) is 14.2 Å². The summed E-state index contributed by atoms with van der Waals surface area (Å²) in [5.41, 5.74) is 0.